The molecule has 1 atom stereocenters. The van der Waals surface area contributed by atoms with Gasteiger partial charge < -0.3 is 14.3 Å². The van der Waals surface area contributed by atoms with Gasteiger partial charge in [-0.15, -0.1) is 0 Å². The third-order valence-corrected chi connectivity index (χ3v) is 7.19. The van der Waals surface area contributed by atoms with Gasteiger partial charge in [-0.05, 0) is 12.5 Å². The normalized spacial score (nSPS) is 13.3. The summed E-state index contributed by atoms with van der Waals surface area (Å²) in [7, 11) is 1.48. The third kappa shape index (κ3) is 17.5. The molecule has 0 aromatic heterocycles. The molecule has 0 spiro atoms. The summed E-state index contributed by atoms with van der Waals surface area (Å²) in [5.74, 6) is 0.0621. The van der Waals surface area contributed by atoms with E-state index in [1.54, 1.807) is 0 Å². The molecule has 214 valence electrons. The van der Waals surface area contributed by atoms with Crippen LogP contribution in [-0.2, 0) is 9.09 Å². The van der Waals surface area contributed by atoms with Gasteiger partial charge >= 0.3 is 7.82 Å². The van der Waals surface area contributed by atoms with Crippen molar-refractivity contribution < 1.29 is 27.9 Å². The number of nitrogens with zero attached hydrogens (tertiary/aromatic N) is 2. The summed E-state index contributed by atoms with van der Waals surface area (Å²) in [4.78, 5) is 20.8. The van der Waals surface area contributed by atoms with Gasteiger partial charge in [-0.25, -0.2) is 4.57 Å². The van der Waals surface area contributed by atoms with Crippen LogP contribution >= 0.6 is 7.82 Å². The van der Waals surface area contributed by atoms with E-state index >= 15 is 0 Å². The molecule has 0 bridgehead atoms. The fourth-order valence-corrected chi connectivity index (χ4v) is 4.75. The Labute approximate surface area is 224 Å². The van der Waals surface area contributed by atoms with Crippen LogP contribution in [0.2, 0.25) is 0 Å². The van der Waals surface area contributed by atoms with Crippen LogP contribution in [0.1, 0.15) is 96.8 Å². The van der Waals surface area contributed by atoms with E-state index < -0.39 is 12.7 Å². The number of nitro groups is 1. The van der Waals surface area contributed by atoms with E-state index in [0.717, 1.165) is 19.3 Å². The SMILES string of the molecule is CCCCCCCCCCCCCCCCNc1cc([N+](=O)[O-])ccc1OP(=O)(O)OCC[N+](C)(C)C. The molecule has 0 aliphatic heterocycles. The van der Waals surface area contributed by atoms with Gasteiger partial charge in [-0.2, -0.15) is 0 Å². The number of unbranched alkanes of at least 4 members (excludes halogenated alkanes) is 13. The second-order valence-electron chi connectivity index (χ2n) is 10.9. The number of phosphoric acid groups is 1. The molecule has 2 N–H and O–H groups in total. The van der Waals surface area contributed by atoms with Crippen molar-refractivity contribution in [1.29, 1.82) is 0 Å². The smallest absolute Gasteiger partial charge is 0.402 e. The van der Waals surface area contributed by atoms with Crippen molar-refractivity contribution in [3.63, 3.8) is 0 Å². The lowest BCUT2D eigenvalue weighted by Gasteiger charge is -2.24. The van der Waals surface area contributed by atoms with Crippen molar-refractivity contribution in [2.45, 2.75) is 96.8 Å². The second-order valence-corrected chi connectivity index (χ2v) is 12.2. The van der Waals surface area contributed by atoms with Crippen LogP contribution in [0.25, 0.3) is 0 Å². The van der Waals surface area contributed by atoms with Crippen LogP contribution in [0.5, 0.6) is 5.75 Å². The lowest BCUT2D eigenvalue weighted by atomic mass is 10.0. The topological polar surface area (TPSA) is 111 Å². The molecule has 0 heterocycles. The molecule has 9 nitrogen and oxygen atoms in total. The summed E-state index contributed by atoms with van der Waals surface area (Å²) >= 11 is 0. The quantitative estimate of drug-likeness (QED) is 0.0477. The number of quaternary nitrogens is 1. The van der Waals surface area contributed by atoms with E-state index in [2.05, 4.69) is 12.2 Å². The lowest BCUT2D eigenvalue weighted by Crippen LogP contribution is -2.37. The first-order valence-corrected chi connectivity index (χ1v) is 15.5. The maximum absolute atomic E-state index is 12.4. The van der Waals surface area contributed by atoms with Gasteiger partial charge in [0.1, 0.15) is 13.2 Å². The minimum atomic E-state index is -4.36. The molecule has 0 radical (unpaired) electrons. The molecule has 37 heavy (non-hydrogen) atoms. The van der Waals surface area contributed by atoms with E-state index in [4.69, 9.17) is 9.05 Å². The van der Waals surface area contributed by atoms with Crippen molar-refractivity contribution in [3.8, 4) is 5.75 Å². The molecule has 0 aliphatic rings. The Morgan fingerprint density at radius 3 is 1.92 bits per heavy atom. The van der Waals surface area contributed by atoms with Gasteiger partial charge in [0.2, 0.25) is 0 Å². The molecule has 1 aromatic carbocycles. The number of benzene rings is 1. The van der Waals surface area contributed by atoms with Gasteiger partial charge in [-0.3, -0.25) is 19.5 Å². The van der Waals surface area contributed by atoms with Crippen LogP contribution in [-0.4, -0.2) is 55.1 Å². The standard InChI is InChI=1S/C27H50N3O6P/c1-5-6-7-8-9-10-11-12-13-14-15-16-17-18-21-28-26-24-25(29(31)32)19-20-27(26)36-37(33,34)35-23-22-30(2,3)4/h19-20,24,28H,5-18,21-23H2,1-4H3/p+1. The van der Waals surface area contributed by atoms with Crippen LogP contribution in [0.3, 0.4) is 0 Å². The maximum atomic E-state index is 12.4. The molecule has 0 fully saturated rings. The van der Waals surface area contributed by atoms with Crippen molar-refractivity contribution >= 4 is 19.2 Å². The fraction of sp³-hybridized carbons (Fsp3) is 0.778. The van der Waals surface area contributed by atoms with E-state index in [1.165, 1.54) is 88.8 Å². The largest absolute Gasteiger partial charge is 0.527 e. The highest BCUT2D eigenvalue weighted by molar-refractivity contribution is 7.47. The number of hydrogen-bond donors (Lipinski definition) is 2. The van der Waals surface area contributed by atoms with Crippen LogP contribution < -0.4 is 9.84 Å². The molecule has 0 saturated heterocycles. The Morgan fingerprint density at radius 1 is 0.919 bits per heavy atom. The van der Waals surface area contributed by atoms with E-state index in [9.17, 15) is 19.6 Å². The Balaban J connectivity index is 2.34. The van der Waals surface area contributed by atoms with Gasteiger partial charge in [0.25, 0.3) is 5.69 Å². The number of non-ortho nitro benzene ring substituents is 1. The zero-order valence-electron chi connectivity index (χ0n) is 23.6. The summed E-state index contributed by atoms with van der Waals surface area (Å²) in [6, 6.07) is 3.90. The predicted octanol–water partition coefficient (Wildman–Crippen LogP) is 7.69. The highest BCUT2D eigenvalue weighted by atomic mass is 31.2. The molecular weight excluding hydrogens is 493 g/mol. The molecule has 0 saturated carbocycles. The molecule has 0 aliphatic carbocycles. The van der Waals surface area contributed by atoms with Crippen LogP contribution in [0, 0.1) is 10.1 Å². The number of nitrogens with one attached hydrogen (secondary N) is 1. The summed E-state index contributed by atoms with van der Waals surface area (Å²) < 4.78 is 23.3. The number of anilines is 1. The summed E-state index contributed by atoms with van der Waals surface area (Å²) in [5, 5.41) is 14.3. The zero-order valence-corrected chi connectivity index (χ0v) is 24.5. The Bertz CT molecular complexity index is 816. The monoisotopic (exact) mass is 544 g/mol. The average molecular weight is 545 g/mol. The Kier molecular flexibility index (Phi) is 16.7. The van der Waals surface area contributed by atoms with Gasteiger partial charge in [0.15, 0.2) is 5.75 Å². The summed E-state index contributed by atoms with van der Waals surface area (Å²) in [5.41, 5.74) is 0.197. The first-order valence-electron chi connectivity index (χ1n) is 14.0. The molecule has 1 unspecified atom stereocenters. The fourth-order valence-electron chi connectivity index (χ4n) is 3.97. The van der Waals surface area contributed by atoms with Gasteiger partial charge in [0.05, 0.1) is 31.8 Å². The second kappa shape index (κ2) is 18.6. The number of likely N-dealkylation sites (N-methyl/N-ethyl adjacent to an activating group) is 1. The minimum absolute atomic E-state index is 0.0477. The lowest BCUT2D eigenvalue weighted by molar-refractivity contribution is -0.870. The van der Waals surface area contributed by atoms with Gasteiger partial charge in [0, 0.05) is 18.7 Å². The molecule has 1 aromatic rings. The summed E-state index contributed by atoms with van der Waals surface area (Å²) in [6.07, 6.45) is 17.8. The molecule has 10 heteroatoms. The predicted molar refractivity (Wildman–Crippen MR) is 151 cm³/mol. The maximum Gasteiger partial charge on any atom is 0.527 e. The average Bonchev–Trinajstić information content (AvgIpc) is 2.81. The van der Waals surface area contributed by atoms with E-state index in [1.807, 2.05) is 21.1 Å². The van der Waals surface area contributed by atoms with Crippen LogP contribution in [0.15, 0.2) is 18.2 Å². The third-order valence-electron chi connectivity index (χ3n) is 6.25. The van der Waals surface area contributed by atoms with E-state index in [-0.39, 0.29) is 18.0 Å². The van der Waals surface area contributed by atoms with Gasteiger partial charge in [-0.1, -0.05) is 90.4 Å². The first-order chi connectivity index (χ1) is 17.5. The number of phosphoric ester groups is 1. The number of rotatable bonds is 23. The zero-order chi connectivity index (χ0) is 27.6. The summed E-state index contributed by atoms with van der Waals surface area (Å²) in [6.45, 7) is 3.42. The minimum Gasteiger partial charge on any atom is -0.402 e. The van der Waals surface area contributed by atoms with Crippen molar-refractivity contribution in [2.75, 3.05) is 46.2 Å². The highest BCUT2D eigenvalue weighted by Gasteiger charge is 2.26. The van der Waals surface area contributed by atoms with Crippen molar-refractivity contribution in [2.24, 2.45) is 0 Å². The Morgan fingerprint density at radius 2 is 1.43 bits per heavy atom. The number of nitro benzene ring substituents is 1. The van der Waals surface area contributed by atoms with Crippen molar-refractivity contribution in [1.82, 2.24) is 0 Å². The van der Waals surface area contributed by atoms with E-state index in [0.29, 0.717) is 23.3 Å². The number of hydrogen-bond acceptors (Lipinski definition) is 6. The van der Waals surface area contributed by atoms with Crippen LogP contribution in [0.4, 0.5) is 11.4 Å². The molecule has 0 amide bonds. The Hall–Kier alpha value is -1.67. The highest BCUT2D eigenvalue weighted by Crippen LogP contribution is 2.46. The first kappa shape index (κ1) is 33.4. The van der Waals surface area contributed by atoms with Crippen molar-refractivity contribution in [3.05, 3.63) is 28.3 Å². The molecule has 1 rings (SSSR count). The molecular formula is C27H51N3O6P+.